The van der Waals surface area contributed by atoms with Crippen LogP contribution in [0.4, 0.5) is 11.4 Å². The van der Waals surface area contributed by atoms with E-state index in [1.54, 1.807) is 30.3 Å². The lowest BCUT2D eigenvalue weighted by molar-refractivity contribution is -0.123. The Morgan fingerprint density at radius 1 is 1.24 bits per heavy atom. The van der Waals surface area contributed by atoms with Gasteiger partial charge in [-0.1, -0.05) is 6.07 Å². The smallest absolute Gasteiger partial charge is 0.265 e. The first-order valence-corrected chi connectivity index (χ1v) is 8.13. The fourth-order valence-electron chi connectivity index (χ4n) is 2.63. The van der Waals surface area contributed by atoms with Gasteiger partial charge in [-0.2, -0.15) is 0 Å². The van der Waals surface area contributed by atoms with Gasteiger partial charge in [-0.15, -0.1) is 0 Å². The van der Waals surface area contributed by atoms with Crippen molar-refractivity contribution in [2.45, 2.75) is 13.8 Å². The Kier molecular flexibility index (Phi) is 4.88. The molecule has 6 heteroatoms. The third kappa shape index (κ3) is 3.91. The number of benzene rings is 2. The molecular formula is C19H20N2O4. The molecule has 3 rings (SSSR count). The van der Waals surface area contributed by atoms with Crippen molar-refractivity contribution in [2.75, 3.05) is 30.0 Å². The standard InChI is InChI=1S/C19H20N2O4/c1-3-24-15-7-5-14(6-8-15)20-18(22)11-21-16-9-4-13(2)10-17(16)25-12-19(21)23/h4-10H,3,11-12H2,1-2H3,(H,20,22). The van der Waals surface area contributed by atoms with E-state index in [0.29, 0.717) is 23.7 Å². The lowest BCUT2D eigenvalue weighted by Crippen LogP contribution is -2.43. The zero-order valence-corrected chi connectivity index (χ0v) is 14.2. The van der Waals surface area contributed by atoms with Gasteiger partial charge in [0.15, 0.2) is 6.61 Å². The van der Waals surface area contributed by atoms with Gasteiger partial charge in [0.2, 0.25) is 5.91 Å². The van der Waals surface area contributed by atoms with Gasteiger partial charge in [-0.25, -0.2) is 0 Å². The molecule has 0 saturated carbocycles. The van der Waals surface area contributed by atoms with E-state index in [4.69, 9.17) is 9.47 Å². The first-order chi connectivity index (χ1) is 12.1. The summed E-state index contributed by atoms with van der Waals surface area (Å²) in [5, 5.41) is 2.79. The van der Waals surface area contributed by atoms with Crippen molar-refractivity contribution in [3.8, 4) is 11.5 Å². The highest BCUT2D eigenvalue weighted by Gasteiger charge is 2.27. The number of nitrogens with zero attached hydrogens (tertiary/aromatic N) is 1. The molecule has 0 atom stereocenters. The monoisotopic (exact) mass is 340 g/mol. The van der Waals surface area contributed by atoms with E-state index in [9.17, 15) is 9.59 Å². The molecule has 0 spiro atoms. The number of fused-ring (bicyclic) bond motifs is 1. The molecule has 2 aromatic carbocycles. The quantitative estimate of drug-likeness (QED) is 0.909. The first kappa shape index (κ1) is 16.8. The maximum atomic E-state index is 12.3. The first-order valence-electron chi connectivity index (χ1n) is 8.13. The summed E-state index contributed by atoms with van der Waals surface area (Å²) in [4.78, 5) is 25.9. The number of amides is 2. The fraction of sp³-hybridized carbons (Fsp3) is 0.263. The van der Waals surface area contributed by atoms with Crippen LogP contribution in [0.5, 0.6) is 11.5 Å². The van der Waals surface area contributed by atoms with Crippen LogP contribution in [-0.2, 0) is 9.59 Å². The highest BCUT2D eigenvalue weighted by molar-refractivity contribution is 6.05. The van der Waals surface area contributed by atoms with Crippen LogP contribution >= 0.6 is 0 Å². The average Bonchev–Trinajstić information content (AvgIpc) is 2.59. The van der Waals surface area contributed by atoms with Gasteiger partial charge < -0.3 is 14.8 Å². The van der Waals surface area contributed by atoms with Crippen LogP contribution in [0.2, 0.25) is 0 Å². The van der Waals surface area contributed by atoms with E-state index in [-0.39, 0.29) is 25.0 Å². The Labute approximate surface area is 146 Å². The Bertz CT molecular complexity index is 787. The van der Waals surface area contributed by atoms with Crippen LogP contribution < -0.4 is 19.7 Å². The maximum Gasteiger partial charge on any atom is 0.265 e. The summed E-state index contributed by atoms with van der Waals surface area (Å²) in [6, 6.07) is 12.7. The van der Waals surface area contributed by atoms with E-state index < -0.39 is 0 Å². The minimum absolute atomic E-state index is 0.0627. The van der Waals surface area contributed by atoms with Crippen LogP contribution in [0.15, 0.2) is 42.5 Å². The fourth-order valence-corrected chi connectivity index (χ4v) is 2.63. The largest absolute Gasteiger partial charge is 0.494 e. The molecular weight excluding hydrogens is 320 g/mol. The Morgan fingerprint density at radius 2 is 2.00 bits per heavy atom. The number of rotatable bonds is 5. The highest BCUT2D eigenvalue weighted by atomic mass is 16.5. The average molecular weight is 340 g/mol. The van der Waals surface area contributed by atoms with Crippen molar-refractivity contribution >= 4 is 23.2 Å². The number of carbonyl (C=O) groups excluding carboxylic acids is 2. The third-order valence-electron chi connectivity index (χ3n) is 3.81. The zero-order chi connectivity index (χ0) is 17.8. The van der Waals surface area contributed by atoms with Crippen molar-refractivity contribution in [3.63, 3.8) is 0 Å². The molecule has 1 N–H and O–H groups in total. The normalized spacial score (nSPS) is 13.0. The Morgan fingerprint density at radius 3 is 2.72 bits per heavy atom. The summed E-state index contributed by atoms with van der Waals surface area (Å²) in [6.45, 7) is 4.32. The summed E-state index contributed by atoms with van der Waals surface area (Å²) in [5.74, 6) is 0.853. The number of aryl methyl sites for hydroxylation is 1. The van der Waals surface area contributed by atoms with Gasteiger partial charge in [-0.05, 0) is 55.8 Å². The van der Waals surface area contributed by atoms with Gasteiger partial charge in [-0.3, -0.25) is 14.5 Å². The van der Waals surface area contributed by atoms with E-state index in [1.165, 1.54) is 4.90 Å². The van der Waals surface area contributed by atoms with Crippen molar-refractivity contribution in [3.05, 3.63) is 48.0 Å². The van der Waals surface area contributed by atoms with Crippen LogP contribution in [0, 0.1) is 6.92 Å². The summed E-state index contributed by atoms with van der Waals surface area (Å²) < 4.78 is 10.8. The molecule has 0 fully saturated rings. The molecule has 6 nitrogen and oxygen atoms in total. The summed E-state index contributed by atoms with van der Waals surface area (Å²) in [6.07, 6.45) is 0. The number of ether oxygens (including phenoxy) is 2. The molecule has 0 radical (unpaired) electrons. The van der Waals surface area contributed by atoms with Gasteiger partial charge >= 0.3 is 0 Å². The molecule has 0 unspecified atom stereocenters. The van der Waals surface area contributed by atoms with Crippen LogP contribution in [0.3, 0.4) is 0 Å². The van der Waals surface area contributed by atoms with Crippen LogP contribution in [-0.4, -0.2) is 31.6 Å². The lowest BCUT2D eigenvalue weighted by Gasteiger charge is -2.29. The predicted octanol–water partition coefficient (Wildman–Crippen LogP) is 2.76. The topological polar surface area (TPSA) is 67.9 Å². The molecule has 130 valence electrons. The third-order valence-corrected chi connectivity index (χ3v) is 3.81. The number of carbonyl (C=O) groups is 2. The van der Waals surface area contributed by atoms with E-state index in [1.807, 2.05) is 26.0 Å². The summed E-state index contributed by atoms with van der Waals surface area (Å²) >= 11 is 0. The van der Waals surface area contributed by atoms with Crippen molar-refractivity contribution in [1.82, 2.24) is 0 Å². The maximum absolute atomic E-state index is 12.3. The van der Waals surface area contributed by atoms with Crippen molar-refractivity contribution in [1.29, 1.82) is 0 Å². The second kappa shape index (κ2) is 7.25. The van der Waals surface area contributed by atoms with Crippen LogP contribution in [0.1, 0.15) is 12.5 Å². The molecule has 0 bridgehead atoms. The summed E-state index contributed by atoms with van der Waals surface area (Å²) in [5.41, 5.74) is 2.30. The second-order valence-electron chi connectivity index (χ2n) is 5.75. The van der Waals surface area contributed by atoms with Gasteiger partial charge in [0.25, 0.3) is 5.91 Å². The molecule has 0 aromatic heterocycles. The second-order valence-corrected chi connectivity index (χ2v) is 5.75. The molecule has 0 aliphatic carbocycles. The van der Waals surface area contributed by atoms with Gasteiger partial charge in [0.1, 0.15) is 18.0 Å². The summed E-state index contributed by atoms with van der Waals surface area (Å²) in [7, 11) is 0. The molecule has 2 amide bonds. The van der Waals surface area contributed by atoms with Gasteiger partial charge in [0.05, 0.1) is 12.3 Å². The molecule has 2 aromatic rings. The SMILES string of the molecule is CCOc1ccc(NC(=O)CN2C(=O)COc3cc(C)ccc32)cc1. The number of hydrogen-bond acceptors (Lipinski definition) is 4. The Balaban J connectivity index is 1.69. The molecule has 1 aliphatic heterocycles. The van der Waals surface area contributed by atoms with Crippen molar-refractivity contribution in [2.24, 2.45) is 0 Å². The Hall–Kier alpha value is -3.02. The van der Waals surface area contributed by atoms with Gasteiger partial charge in [0, 0.05) is 5.69 Å². The van der Waals surface area contributed by atoms with E-state index in [0.717, 1.165) is 11.3 Å². The van der Waals surface area contributed by atoms with E-state index >= 15 is 0 Å². The van der Waals surface area contributed by atoms with Crippen molar-refractivity contribution < 1.29 is 19.1 Å². The number of anilines is 2. The zero-order valence-electron chi connectivity index (χ0n) is 14.2. The minimum Gasteiger partial charge on any atom is -0.494 e. The number of hydrogen-bond donors (Lipinski definition) is 1. The minimum atomic E-state index is -0.272. The van der Waals surface area contributed by atoms with E-state index in [2.05, 4.69) is 5.32 Å². The predicted molar refractivity (Wildman–Crippen MR) is 95.3 cm³/mol. The number of nitrogens with one attached hydrogen (secondary N) is 1. The molecule has 25 heavy (non-hydrogen) atoms. The lowest BCUT2D eigenvalue weighted by atomic mass is 10.1. The molecule has 1 aliphatic rings. The highest BCUT2D eigenvalue weighted by Crippen LogP contribution is 2.32. The molecule has 0 saturated heterocycles. The van der Waals surface area contributed by atoms with Crippen LogP contribution in [0.25, 0.3) is 0 Å². The molecule has 1 heterocycles.